The van der Waals surface area contributed by atoms with E-state index in [2.05, 4.69) is 5.10 Å². The Balaban J connectivity index is 1.74. The SMILES string of the molecule is O=C1C(=Cc2ccc(Cl)cc2Cl)C(N2CCOCC2)=NN1c1ccc([N+](=O)[O-])cc1. The largest absolute Gasteiger partial charge is 0.378 e. The Labute approximate surface area is 182 Å². The number of nitro benzene ring substituents is 1. The Morgan fingerprint density at radius 1 is 1.10 bits per heavy atom. The van der Waals surface area contributed by atoms with Gasteiger partial charge in [0.05, 0.1) is 29.4 Å². The van der Waals surface area contributed by atoms with Gasteiger partial charge in [0.2, 0.25) is 0 Å². The molecule has 1 amide bonds. The standard InChI is InChI=1S/C20H16Cl2N4O4/c21-14-2-1-13(18(22)12-14)11-17-19(24-7-9-30-10-8-24)23-25(20(17)27)15-3-5-16(6-4-15)26(28)29/h1-6,11-12H,7-10H2. The minimum atomic E-state index is -0.494. The minimum absolute atomic E-state index is 0.0634. The van der Waals surface area contributed by atoms with Crippen LogP contribution in [0.4, 0.5) is 11.4 Å². The van der Waals surface area contributed by atoms with Crippen LogP contribution in [0.15, 0.2) is 53.1 Å². The fourth-order valence-electron chi connectivity index (χ4n) is 3.20. The van der Waals surface area contributed by atoms with Crippen molar-refractivity contribution in [1.29, 1.82) is 0 Å². The van der Waals surface area contributed by atoms with Crippen molar-refractivity contribution in [3.63, 3.8) is 0 Å². The molecule has 2 aliphatic heterocycles. The summed E-state index contributed by atoms with van der Waals surface area (Å²) in [5.41, 5.74) is 1.38. The van der Waals surface area contributed by atoms with E-state index in [4.69, 9.17) is 27.9 Å². The number of hydrogen-bond acceptors (Lipinski definition) is 6. The normalized spacial score (nSPS) is 18.1. The highest BCUT2D eigenvalue weighted by Gasteiger charge is 2.35. The summed E-state index contributed by atoms with van der Waals surface area (Å²) in [5, 5.41) is 17.6. The van der Waals surface area contributed by atoms with Gasteiger partial charge in [0, 0.05) is 35.3 Å². The molecule has 1 fully saturated rings. The number of halogens is 2. The maximum absolute atomic E-state index is 13.2. The molecule has 0 spiro atoms. The van der Waals surface area contributed by atoms with Gasteiger partial charge < -0.3 is 9.64 Å². The summed E-state index contributed by atoms with van der Waals surface area (Å²) in [7, 11) is 0. The van der Waals surface area contributed by atoms with Crippen LogP contribution in [0.2, 0.25) is 10.0 Å². The molecule has 0 N–H and O–H groups in total. The summed E-state index contributed by atoms with van der Waals surface area (Å²) in [5.74, 6) is 0.157. The summed E-state index contributed by atoms with van der Waals surface area (Å²) in [6, 6.07) is 10.7. The zero-order valence-electron chi connectivity index (χ0n) is 15.6. The van der Waals surface area contributed by atoms with E-state index < -0.39 is 4.92 Å². The number of rotatable bonds is 3. The van der Waals surface area contributed by atoms with Gasteiger partial charge in [-0.1, -0.05) is 29.3 Å². The third-order valence-electron chi connectivity index (χ3n) is 4.74. The molecule has 2 aromatic rings. The van der Waals surface area contributed by atoms with Crippen molar-refractivity contribution in [2.45, 2.75) is 0 Å². The van der Waals surface area contributed by atoms with Crippen LogP contribution in [-0.4, -0.2) is 47.9 Å². The van der Waals surface area contributed by atoms with Crippen LogP contribution < -0.4 is 5.01 Å². The first-order valence-corrected chi connectivity index (χ1v) is 9.87. The first-order valence-electron chi connectivity index (χ1n) is 9.11. The Bertz CT molecular complexity index is 1060. The summed E-state index contributed by atoms with van der Waals surface area (Å²) in [4.78, 5) is 25.6. The second kappa shape index (κ2) is 8.43. The van der Waals surface area contributed by atoms with Gasteiger partial charge in [-0.05, 0) is 35.9 Å². The van der Waals surface area contributed by atoms with Crippen LogP contribution in [-0.2, 0) is 9.53 Å². The van der Waals surface area contributed by atoms with Gasteiger partial charge in [0.1, 0.15) is 0 Å². The lowest BCUT2D eigenvalue weighted by Gasteiger charge is -2.28. The van der Waals surface area contributed by atoms with Crippen molar-refractivity contribution in [2.24, 2.45) is 5.10 Å². The predicted octanol–water partition coefficient (Wildman–Crippen LogP) is 3.98. The highest BCUT2D eigenvalue weighted by Crippen LogP contribution is 2.30. The molecule has 154 valence electrons. The number of carbonyl (C=O) groups excluding carboxylic acids is 1. The van der Waals surface area contributed by atoms with Crippen molar-refractivity contribution in [2.75, 3.05) is 31.3 Å². The van der Waals surface area contributed by atoms with E-state index in [0.29, 0.717) is 59.0 Å². The van der Waals surface area contributed by atoms with Crippen LogP contribution in [0.3, 0.4) is 0 Å². The lowest BCUT2D eigenvalue weighted by molar-refractivity contribution is -0.384. The van der Waals surface area contributed by atoms with Gasteiger partial charge in [0.15, 0.2) is 5.84 Å². The van der Waals surface area contributed by atoms with E-state index in [1.165, 1.54) is 29.3 Å². The molecule has 2 heterocycles. The first kappa shape index (κ1) is 20.3. The van der Waals surface area contributed by atoms with Gasteiger partial charge in [-0.3, -0.25) is 14.9 Å². The van der Waals surface area contributed by atoms with E-state index in [1.807, 2.05) is 4.90 Å². The average molecular weight is 447 g/mol. The fourth-order valence-corrected chi connectivity index (χ4v) is 3.67. The monoisotopic (exact) mass is 446 g/mol. The van der Waals surface area contributed by atoms with E-state index in [-0.39, 0.29) is 11.6 Å². The van der Waals surface area contributed by atoms with Gasteiger partial charge >= 0.3 is 0 Å². The third-order valence-corrected chi connectivity index (χ3v) is 5.30. The molecular weight excluding hydrogens is 431 g/mol. The number of hydrazone groups is 1. The van der Waals surface area contributed by atoms with E-state index in [0.717, 1.165) is 0 Å². The van der Waals surface area contributed by atoms with Crippen molar-refractivity contribution in [3.05, 3.63) is 73.8 Å². The molecule has 0 atom stereocenters. The Morgan fingerprint density at radius 2 is 1.80 bits per heavy atom. The number of non-ortho nitro benzene ring substituents is 1. The van der Waals surface area contributed by atoms with Crippen LogP contribution >= 0.6 is 23.2 Å². The molecule has 8 nitrogen and oxygen atoms in total. The van der Waals surface area contributed by atoms with Crippen LogP contribution in [0, 0.1) is 10.1 Å². The Kier molecular flexibility index (Phi) is 5.72. The molecule has 2 aromatic carbocycles. The highest BCUT2D eigenvalue weighted by atomic mass is 35.5. The number of hydrogen-bond donors (Lipinski definition) is 0. The number of amides is 1. The molecule has 0 aromatic heterocycles. The number of nitro groups is 1. The zero-order valence-corrected chi connectivity index (χ0v) is 17.1. The summed E-state index contributed by atoms with van der Waals surface area (Å²) >= 11 is 12.3. The molecule has 2 aliphatic rings. The molecule has 4 rings (SSSR count). The number of nitrogens with zero attached hydrogens (tertiary/aromatic N) is 4. The van der Waals surface area contributed by atoms with Crippen LogP contribution in [0.25, 0.3) is 6.08 Å². The third kappa shape index (κ3) is 4.02. The molecule has 0 saturated carbocycles. The van der Waals surface area contributed by atoms with Gasteiger partial charge in [-0.25, -0.2) is 0 Å². The van der Waals surface area contributed by atoms with E-state index in [1.54, 1.807) is 24.3 Å². The predicted molar refractivity (Wildman–Crippen MR) is 115 cm³/mol. The Hall–Kier alpha value is -2.94. The second-order valence-electron chi connectivity index (χ2n) is 6.64. The number of ether oxygens (including phenoxy) is 1. The van der Waals surface area contributed by atoms with E-state index >= 15 is 0 Å². The van der Waals surface area contributed by atoms with Crippen molar-refractivity contribution in [3.8, 4) is 0 Å². The summed E-state index contributed by atoms with van der Waals surface area (Å²) in [6.07, 6.45) is 1.68. The fraction of sp³-hybridized carbons (Fsp3) is 0.200. The number of carbonyl (C=O) groups is 1. The number of amidine groups is 1. The quantitative estimate of drug-likeness (QED) is 0.404. The van der Waals surface area contributed by atoms with Gasteiger partial charge in [-0.2, -0.15) is 5.01 Å². The first-order chi connectivity index (χ1) is 14.4. The van der Waals surface area contributed by atoms with Crippen molar-refractivity contribution >= 4 is 52.4 Å². The summed E-state index contributed by atoms with van der Waals surface area (Å²) in [6.45, 7) is 2.23. The van der Waals surface area contributed by atoms with Gasteiger partial charge in [-0.15, -0.1) is 5.10 Å². The highest BCUT2D eigenvalue weighted by molar-refractivity contribution is 6.36. The molecule has 30 heavy (non-hydrogen) atoms. The molecule has 10 heteroatoms. The summed E-state index contributed by atoms with van der Waals surface area (Å²) < 4.78 is 5.40. The van der Waals surface area contributed by atoms with E-state index in [9.17, 15) is 14.9 Å². The lowest BCUT2D eigenvalue weighted by atomic mass is 10.1. The number of anilines is 1. The number of morpholine rings is 1. The zero-order chi connectivity index (χ0) is 21.3. The molecule has 0 unspecified atom stereocenters. The molecule has 0 radical (unpaired) electrons. The van der Waals surface area contributed by atoms with Crippen LogP contribution in [0.5, 0.6) is 0 Å². The maximum atomic E-state index is 13.2. The molecule has 0 aliphatic carbocycles. The second-order valence-corrected chi connectivity index (χ2v) is 7.48. The topological polar surface area (TPSA) is 88.3 Å². The molecule has 1 saturated heterocycles. The van der Waals surface area contributed by atoms with Crippen LogP contribution in [0.1, 0.15) is 5.56 Å². The van der Waals surface area contributed by atoms with Crippen molar-refractivity contribution in [1.82, 2.24) is 4.90 Å². The molecular formula is C20H16Cl2N4O4. The van der Waals surface area contributed by atoms with Gasteiger partial charge in [0.25, 0.3) is 11.6 Å². The Morgan fingerprint density at radius 3 is 2.43 bits per heavy atom. The maximum Gasteiger partial charge on any atom is 0.282 e. The van der Waals surface area contributed by atoms with Crippen molar-refractivity contribution < 1.29 is 14.5 Å². The lowest BCUT2D eigenvalue weighted by Crippen LogP contribution is -2.41. The minimum Gasteiger partial charge on any atom is -0.378 e. The number of benzene rings is 2. The smallest absolute Gasteiger partial charge is 0.282 e. The average Bonchev–Trinajstić information content (AvgIpc) is 3.07. The molecule has 0 bridgehead atoms.